The largest absolute Gasteiger partial charge is 0.376 e. The number of hydrogen-bond acceptors (Lipinski definition) is 6. The van der Waals surface area contributed by atoms with E-state index in [9.17, 15) is 9.59 Å². The number of anilines is 1. The van der Waals surface area contributed by atoms with E-state index in [1.54, 1.807) is 4.90 Å². The molecule has 1 atom stereocenters. The van der Waals surface area contributed by atoms with Crippen LogP contribution in [0.15, 0.2) is 36.4 Å². The molecular weight excluding hydrogens is 468 g/mol. The molecule has 4 rings (SSSR count). The topological polar surface area (TPSA) is 90.9 Å². The average Bonchev–Trinajstić information content (AvgIpc) is 3.37. The van der Waals surface area contributed by atoms with Gasteiger partial charge in [-0.2, -0.15) is 0 Å². The SMILES string of the molecule is CC(C)NC(=O)N(CC(=O)N1CCN(c2ccc(-c3ccccc3Cl)nn2)CC1)CC1CCCO1. The number of nitrogens with zero attached hydrogens (tertiary/aromatic N) is 5. The molecule has 1 aromatic heterocycles. The number of nitrogens with one attached hydrogen (secondary N) is 1. The molecule has 0 aliphatic carbocycles. The molecule has 0 radical (unpaired) electrons. The van der Waals surface area contributed by atoms with Crippen LogP contribution in [0.25, 0.3) is 11.3 Å². The van der Waals surface area contributed by atoms with Gasteiger partial charge in [-0.25, -0.2) is 4.79 Å². The van der Waals surface area contributed by atoms with E-state index < -0.39 is 0 Å². The number of aromatic nitrogens is 2. The quantitative estimate of drug-likeness (QED) is 0.628. The predicted molar refractivity (Wildman–Crippen MR) is 135 cm³/mol. The molecule has 35 heavy (non-hydrogen) atoms. The summed E-state index contributed by atoms with van der Waals surface area (Å²) in [5.74, 6) is 0.714. The van der Waals surface area contributed by atoms with E-state index in [1.807, 2.05) is 55.1 Å². The van der Waals surface area contributed by atoms with Gasteiger partial charge in [0.25, 0.3) is 0 Å². The molecule has 3 heterocycles. The van der Waals surface area contributed by atoms with Gasteiger partial charge in [0.15, 0.2) is 5.82 Å². The Bertz CT molecular complexity index is 1000. The van der Waals surface area contributed by atoms with Gasteiger partial charge in [0.05, 0.1) is 16.8 Å². The minimum Gasteiger partial charge on any atom is -0.376 e. The van der Waals surface area contributed by atoms with Gasteiger partial charge >= 0.3 is 6.03 Å². The van der Waals surface area contributed by atoms with E-state index in [0.717, 1.165) is 29.9 Å². The number of urea groups is 1. The van der Waals surface area contributed by atoms with Crippen LogP contribution < -0.4 is 10.2 Å². The van der Waals surface area contributed by atoms with Crippen LogP contribution in [0.4, 0.5) is 10.6 Å². The number of halogens is 1. The molecule has 0 saturated carbocycles. The summed E-state index contributed by atoms with van der Waals surface area (Å²) in [6.45, 7) is 7.43. The summed E-state index contributed by atoms with van der Waals surface area (Å²) >= 11 is 6.27. The van der Waals surface area contributed by atoms with Crippen molar-refractivity contribution in [2.45, 2.75) is 38.8 Å². The van der Waals surface area contributed by atoms with Crippen molar-refractivity contribution < 1.29 is 14.3 Å². The minimum absolute atomic E-state index is 0.00134. The van der Waals surface area contributed by atoms with Gasteiger partial charge in [-0.1, -0.05) is 29.8 Å². The zero-order chi connectivity index (χ0) is 24.8. The van der Waals surface area contributed by atoms with Gasteiger partial charge in [0, 0.05) is 50.9 Å². The molecule has 2 fully saturated rings. The Hall–Kier alpha value is -2.91. The summed E-state index contributed by atoms with van der Waals surface area (Å²) in [5, 5.41) is 12.3. The van der Waals surface area contributed by atoms with Crippen molar-refractivity contribution in [3.05, 3.63) is 41.4 Å². The predicted octanol–water partition coefficient (Wildman–Crippen LogP) is 3.04. The fourth-order valence-corrected chi connectivity index (χ4v) is 4.58. The molecule has 188 valence electrons. The fraction of sp³-hybridized carbons (Fsp3) is 0.520. The highest BCUT2D eigenvalue weighted by molar-refractivity contribution is 6.33. The minimum atomic E-state index is -0.226. The molecule has 1 unspecified atom stereocenters. The summed E-state index contributed by atoms with van der Waals surface area (Å²) in [4.78, 5) is 31.3. The summed E-state index contributed by atoms with van der Waals surface area (Å²) in [7, 11) is 0. The van der Waals surface area contributed by atoms with Crippen LogP contribution in [0.3, 0.4) is 0 Å². The number of amides is 3. The number of rotatable bonds is 7. The van der Waals surface area contributed by atoms with Crippen LogP contribution in [0.5, 0.6) is 0 Å². The van der Waals surface area contributed by atoms with Gasteiger partial charge in [-0.3, -0.25) is 4.79 Å². The average molecular weight is 501 g/mol. The molecule has 0 bridgehead atoms. The lowest BCUT2D eigenvalue weighted by molar-refractivity contribution is -0.132. The lowest BCUT2D eigenvalue weighted by Gasteiger charge is -2.36. The maximum atomic E-state index is 13.1. The molecule has 3 amide bonds. The third kappa shape index (κ3) is 6.61. The Labute approximate surface area is 211 Å². The molecule has 1 aromatic carbocycles. The number of piperazine rings is 1. The van der Waals surface area contributed by atoms with Crippen molar-refractivity contribution in [3.63, 3.8) is 0 Å². The molecule has 9 nitrogen and oxygen atoms in total. The van der Waals surface area contributed by atoms with E-state index in [4.69, 9.17) is 16.3 Å². The van der Waals surface area contributed by atoms with E-state index in [0.29, 0.717) is 44.4 Å². The van der Waals surface area contributed by atoms with Gasteiger partial charge in [-0.15, -0.1) is 10.2 Å². The van der Waals surface area contributed by atoms with E-state index in [1.165, 1.54) is 0 Å². The molecule has 1 N–H and O–H groups in total. The van der Waals surface area contributed by atoms with E-state index >= 15 is 0 Å². The monoisotopic (exact) mass is 500 g/mol. The number of carbonyl (C=O) groups is 2. The molecule has 2 saturated heterocycles. The maximum absolute atomic E-state index is 13.1. The molecular formula is C25H33ClN6O3. The third-order valence-corrected chi connectivity index (χ3v) is 6.56. The first kappa shape index (κ1) is 25.2. The lowest BCUT2D eigenvalue weighted by atomic mass is 10.1. The van der Waals surface area contributed by atoms with Crippen LogP contribution in [0, 0.1) is 0 Å². The standard InChI is InChI=1S/C25H33ClN6O3/c1-18(2)27-25(34)32(16-19-6-5-15-35-19)17-24(33)31-13-11-30(12-14-31)23-10-9-22(28-29-23)20-7-3-4-8-21(20)26/h3-4,7-10,18-19H,5-6,11-17H2,1-2H3,(H,27,34). The van der Waals surface area contributed by atoms with E-state index in [2.05, 4.69) is 20.4 Å². The van der Waals surface area contributed by atoms with Crippen LogP contribution >= 0.6 is 11.6 Å². The number of benzene rings is 1. The highest BCUT2D eigenvalue weighted by atomic mass is 35.5. The Balaban J connectivity index is 1.32. The Morgan fingerprint density at radius 3 is 2.54 bits per heavy atom. The van der Waals surface area contributed by atoms with Crippen LogP contribution in [0.2, 0.25) is 5.02 Å². The summed E-state index contributed by atoms with van der Waals surface area (Å²) in [6.07, 6.45) is 1.89. The number of carbonyl (C=O) groups excluding carboxylic acids is 2. The third-order valence-electron chi connectivity index (χ3n) is 6.23. The molecule has 2 aliphatic rings. The smallest absolute Gasteiger partial charge is 0.318 e. The number of hydrogen-bond donors (Lipinski definition) is 1. The van der Waals surface area contributed by atoms with Crippen molar-refractivity contribution in [2.75, 3.05) is 50.8 Å². The normalized spacial score (nSPS) is 18.1. The van der Waals surface area contributed by atoms with Gasteiger partial charge in [0.1, 0.15) is 6.54 Å². The molecule has 0 spiro atoms. The van der Waals surface area contributed by atoms with Crippen molar-refractivity contribution in [1.82, 2.24) is 25.3 Å². The highest BCUT2D eigenvalue weighted by Gasteiger charge is 2.28. The van der Waals surface area contributed by atoms with Crippen LogP contribution in [0.1, 0.15) is 26.7 Å². The second-order valence-corrected chi connectivity index (χ2v) is 9.65. The van der Waals surface area contributed by atoms with Crippen molar-refractivity contribution >= 4 is 29.4 Å². The Kier molecular flexibility index (Phi) is 8.41. The summed E-state index contributed by atoms with van der Waals surface area (Å²) < 4.78 is 5.70. The van der Waals surface area contributed by atoms with Crippen molar-refractivity contribution in [1.29, 1.82) is 0 Å². The van der Waals surface area contributed by atoms with E-state index in [-0.39, 0.29) is 30.6 Å². The van der Waals surface area contributed by atoms with Crippen molar-refractivity contribution in [3.8, 4) is 11.3 Å². The van der Waals surface area contributed by atoms with Crippen LogP contribution in [-0.2, 0) is 9.53 Å². The zero-order valence-electron chi connectivity index (χ0n) is 20.3. The lowest BCUT2D eigenvalue weighted by Crippen LogP contribution is -2.54. The molecule has 2 aliphatic heterocycles. The van der Waals surface area contributed by atoms with Gasteiger partial charge < -0.3 is 24.8 Å². The van der Waals surface area contributed by atoms with Gasteiger partial charge in [0.2, 0.25) is 5.91 Å². The zero-order valence-corrected chi connectivity index (χ0v) is 21.1. The number of ether oxygens (including phenoxy) is 1. The first-order chi connectivity index (χ1) is 16.9. The Morgan fingerprint density at radius 2 is 1.91 bits per heavy atom. The molecule has 2 aromatic rings. The fourth-order valence-electron chi connectivity index (χ4n) is 4.35. The maximum Gasteiger partial charge on any atom is 0.318 e. The highest BCUT2D eigenvalue weighted by Crippen LogP contribution is 2.26. The molecule has 10 heteroatoms. The van der Waals surface area contributed by atoms with Crippen molar-refractivity contribution in [2.24, 2.45) is 0 Å². The second kappa shape index (κ2) is 11.7. The summed E-state index contributed by atoms with van der Waals surface area (Å²) in [6, 6.07) is 11.2. The first-order valence-corrected chi connectivity index (χ1v) is 12.6. The second-order valence-electron chi connectivity index (χ2n) is 9.24. The summed E-state index contributed by atoms with van der Waals surface area (Å²) in [5.41, 5.74) is 1.57. The van der Waals surface area contributed by atoms with Crippen LogP contribution in [-0.4, -0.2) is 90.0 Å². The Morgan fingerprint density at radius 1 is 1.14 bits per heavy atom. The first-order valence-electron chi connectivity index (χ1n) is 12.2. The van der Waals surface area contributed by atoms with Gasteiger partial charge in [-0.05, 0) is 44.9 Å².